The van der Waals surface area contributed by atoms with Crippen molar-refractivity contribution in [1.82, 2.24) is 24.4 Å². The van der Waals surface area contributed by atoms with Crippen molar-refractivity contribution in [2.24, 2.45) is 0 Å². The van der Waals surface area contributed by atoms with E-state index in [9.17, 15) is 4.79 Å². The molecular weight excluding hydrogens is 318 g/mol. The molecule has 7 nitrogen and oxygen atoms in total. The molecular formula is C18H17N5O2. The summed E-state index contributed by atoms with van der Waals surface area (Å²) in [6, 6.07) is 11.1. The van der Waals surface area contributed by atoms with Crippen LogP contribution in [0, 0.1) is 6.92 Å². The van der Waals surface area contributed by atoms with E-state index in [4.69, 9.17) is 4.74 Å². The van der Waals surface area contributed by atoms with Gasteiger partial charge in [-0.25, -0.2) is 9.50 Å². The molecule has 25 heavy (non-hydrogen) atoms. The van der Waals surface area contributed by atoms with Crippen LogP contribution >= 0.6 is 0 Å². The van der Waals surface area contributed by atoms with E-state index in [0.717, 1.165) is 22.6 Å². The maximum absolute atomic E-state index is 12.5. The molecule has 1 N–H and O–H groups in total. The average Bonchev–Trinajstić information content (AvgIpc) is 3.24. The number of hydrogen-bond acceptors (Lipinski definition) is 4. The third-order valence-electron chi connectivity index (χ3n) is 4.15. The number of aromatic nitrogens is 5. The molecule has 0 saturated heterocycles. The van der Waals surface area contributed by atoms with Gasteiger partial charge in [-0.15, -0.1) is 0 Å². The van der Waals surface area contributed by atoms with Crippen molar-refractivity contribution < 1.29 is 4.74 Å². The first-order valence-electron chi connectivity index (χ1n) is 7.89. The summed E-state index contributed by atoms with van der Waals surface area (Å²) in [5, 5.41) is 7.31. The van der Waals surface area contributed by atoms with Gasteiger partial charge in [0.15, 0.2) is 5.65 Å². The second-order valence-electron chi connectivity index (χ2n) is 5.79. The Morgan fingerprint density at radius 3 is 2.88 bits per heavy atom. The van der Waals surface area contributed by atoms with E-state index in [0.29, 0.717) is 17.9 Å². The van der Waals surface area contributed by atoms with Crippen LogP contribution in [0.1, 0.15) is 11.3 Å². The minimum Gasteiger partial charge on any atom is -0.497 e. The van der Waals surface area contributed by atoms with Gasteiger partial charge in [-0.1, -0.05) is 12.1 Å². The van der Waals surface area contributed by atoms with Crippen LogP contribution in [0.15, 0.2) is 53.6 Å². The van der Waals surface area contributed by atoms with Crippen molar-refractivity contribution in [3.8, 4) is 17.0 Å². The number of nitrogens with one attached hydrogen (secondary N) is 1. The predicted molar refractivity (Wildman–Crippen MR) is 93.9 cm³/mol. The summed E-state index contributed by atoms with van der Waals surface area (Å²) >= 11 is 0. The Kier molecular flexibility index (Phi) is 3.61. The van der Waals surface area contributed by atoms with Crippen LogP contribution in [0.2, 0.25) is 0 Å². The molecule has 126 valence electrons. The molecule has 0 aliphatic carbocycles. The maximum Gasteiger partial charge on any atom is 0.272 e. The Morgan fingerprint density at radius 2 is 2.12 bits per heavy atom. The Balaban J connectivity index is 1.84. The van der Waals surface area contributed by atoms with Crippen LogP contribution in [-0.2, 0) is 6.54 Å². The molecule has 0 atom stereocenters. The van der Waals surface area contributed by atoms with Crippen LogP contribution in [0.4, 0.5) is 0 Å². The van der Waals surface area contributed by atoms with E-state index < -0.39 is 0 Å². The molecule has 3 aromatic heterocycles. The minimum absolute atomic E-state index is 0.149. The average molecular weight is 335 g/mol. The number of benzene rings is 1. The maximum atomic E-state index is 12.5. The number of rotatable bonds is 4. The monoisotopic (exact) mass is 335 g/mol. The van der Waals surface area contributed by atoms with Crippen LogP contribution < -0.4 is 10.3 Å². The van der Waals surface area contributed by atoms with Gasteiger partial charge in [0.1, 0.15) is 5.75 Å². The van der Waals surface area contributed by atoms with E-state index in [2.05, 4.69) is 15.2 Å². The molecule has 0 aliphatic heterocycles. The molecule has 0 aliphatic rings. The normalized spacial score (nSPS) is 11.1. The number of aromatic amines is 1. The summed E-state index contributed by atoms with van der Waals surface area (Å²) in [7, 11) is 1.63. The first kappa shape index (κ1) is 15.2. The first-order valence-corrected chi connectivity index (χ1v) is 7.89. The number of nitrogens with zero attached hydrogens (tertiary/aromatic N) is 4. The van der Waals surface area contributed by atoms with Gasteiger partial charge < -0.3 is 4.74 Å². The topological polar surface area (TPSA) is 77.2 Å². The zero-order valence-corrected chi connectivity index (χ0v) is 13.9. The summed E-state index contributed by atoms with van der Waals surface area (Å²) < 4.78 is 8.49. The summed E-state index contributed by atoms with van der Waals surface area (Å²) in [6.07, 6.45) is 3.54. The number of methoxy groups -OCH3 is 1. The third kappa shape index (κ3) is 2.69. The van der Waals surface area contributed by atoms with Gasteiger partial charge >= 0.3 is 0 Å². The lowest BCUT2D eigenvalue weighted by molar-refractivity contribution is 0.415. The molecule has 4 rings (SSSR count). The lowest BCUT2D eigenvalue weighted by atomic mass is 10.1. The van der Waals surface area contributed by atoms with Gasteiger partial charge in [-0.05, 0) is 25.1 Å². The molecule has 0 fully saturated rings. The van der Waals surface area contributed by atoms with E-state index in [1.165, 1.54) is 10.6 Å². The summed E-state index contributed by atoms with van der Waals surface area (Å²) in [4.78, 5) is 17.1. The molecule has 0 radical (unpaired) electrons. The smallest absolute Gasteiger partial charge is 0.272 e. The van der Waals surface area contributed by atoms with Crippen LogP contribution in [0.3, 0.4) is 0 Å². The number of H-pyrrole nitrogens is 1. The third-order valence-corrected chi connectivity index (χ3v) is 4.15. The lowest BCUT2D eigenvalue weighted by Crippen LogP contribution is -2.17. The molecule has 0 bridgehead atoms. The van der Waals surface area contributed by atoms with Gasteiger partial charge in [0.05, 0.1) is 25.0 Å². The Hall–Kier alpha value is -3.35. The Bertz CT molecular complexity index is 1090. The molecule has 0 spiro atoms. The van der Waals surface area contributed by atoms with E-state index >= 15 is 0 Å². The van der Waals surface area contributed by atoms with Crippen LogP contribution in [0.5, 0.6) is 5.75 Å². The highest BCUT2D eigenvalue weighted by atomic mass is 16.5. The predicted octanol–water partition coefficient (Wildman–Crippen LogP) is 2.25. The van der Waals surface area contributed by atoms with Crippen LogP contribution in [0.25, 0.3) is 16.9 Å². The fourth-order valence-corrected chi connectivity index (χ4v) is 2.90. The second-order valence-corrected chi connectivity index (χ2v) is 5.79. The molecule has 0 amide bonds. The lowest BCUT2D eigenvalue weighted by Gasteiger charge is -2.03. The van der Waals surface area contributed by atoms with Crippen LogP contribution in [-0.4, -0.2) is 31.5 Å². The highest BCUT2D eigenvalue weighted by Gasteiger charge is 2.14. The SMILES string of the molecule is COc1cccc(-c2[nH]n3c(=O)cc(Cn4cccn4)nc3c2C)c1. The fourth-order valence-electron chi connectivity index (χ4n) is 2.90. The van der Waals surface area contributed by atoms with E-state index in [1.54, 1.807) is 18.0 Å². The highest BCUT2D eigenvalue weighted by molar-refractivity contribution is 5.71. The summed E-state index contributed by atoms with van der Waals surface area (Å²) in [6.45, 7) is 2.41. The van der Waals surface area contributed by atoms with Crippen molar-refractivity contribution in [3.63, 3.8) is 0 Å². The van der Waals surface area contributed by atoms with E-state index in [1.807, 2.05) is 43.5 Å². The molecule has 0 unspecified atom stereocenters. The molecule has 3 heterocycles. The second kappa shape index (κ2) is 5.94. The van der Waals surface area contributed by atoms with Crippen molar-refractivity contribution in [2.45, 2.75) is 13.5 Å². The van der Waals surface area contributed by atoms with Gasteiger partial charge in [0, 0.05) is 29.6 Å². The molecule has 7 heteroatoms. The van der Waals surface area contributed by atoms with Gasteiger partial charge in [-0.3, -0.25) is 14.6 Å². The van der Waals surface area contributed by atoms with Gasteiger partial charge in [-0.2, -0.15) is 5.10 Å². The molecule has 0 saturated carbocycles. The molecule has 1 aromatic carbocycles. The van der Waals surface area contributed by atoms with E-state index in [-0.39, 0.29) is 5.56 Å². The zero-order chi connectivity index (χ0) is 17.4. The van der Waals surface area contributed by atoms with Gasteiger partial charge in [0.2, 0.25) is 0 Å². The highest BCUT2D eigenvalue weighted by Crippen LogP contribution is 2.26. The molecule has 4 aromatic rings. The van der Waals surface area contributed by atoms with Crippen molar-refractivity contribution in [2.75, 3.05) is 7.11 Å². The Morgan fingerprint density at radius 1 is 1.24 bits per heavy atom. The number of aryl methyl sites for hydroxylation is 1. The summed E-state index contributed by atoms with van der Waals surface area (Å²) in [5.74, 6) is 0.759. The number of hydrogen-bond donors (Lipinski definition) is 1. The summed E-state index contributed by atoms with van der Waals surface area (Å²) in [5.41, 5.74) is 3.84. The number of fused-ring (bicyclic) bond motifs is 1. The Labute approximate surface area is 143 Å². The number of ether oxygens (including phenoxy) is 1. The van der Waals surface area contributed by atoms with Gasteiger partial charge in [0.25, 0.3) is 5.56 Å². The standard InChI is InChI=1S/C18H17N5O2/c1-12-17(13-5-3-6-15(9-13)25-2)21-23-16(24)10-14(20-18(12)23)11-22-8-4-7-19-22/h3-10,21H,11H2,1-2H3. The quantitative estimate of drug-likeness (QED) is 0.620. The minimum atomic E-state index is -0.149. The van der Waals surface area contributed by atoms with Crippen molar-refractivity contribution in [1.29, 1.82) is 0 Å². The fraction of sp³-hybridized carbons (Fsp3) is 0.167. The first-order chi connectivity index (χ1) is 12.2. The zero-order valence-electron chi connectivity index (χ0n) is 13.9. The van der Waals surface area contributed by atoms with Crippen molar-refractivity contribution in [3.05, 3.63) is 70.4 Å². The largest absolute Gasteiger partial charge is 0.497 e. The van der Waals surface area contributed by atoms with Crippen molar-refractivity contribution >= 4 is 5.65 Å².